The quantitative estimate of drug-likeness (QED) is 0.819. The molecule has 0 radical (unpaired) electrons. The molecule has 7 nitrogen and oxygen atoms in total. The summed E-state index contributed by atoms with van der Waals surface area (Å²) in [6, 6.07) is -0.588. The third-order valence-corrected chi connectivity index (χ3v) is 3.55. The summed E-state index contributed by atoms with van der Waals surface area (Å²) in [6.45, 7) is 2.89. The van der Waals surface area contributed by atoms with Crippen LogP contribution in [0.3, 0.4) is 0 Å². The van der Waals surface area contributed by atoms with Crippen LogP contribution in [0.5, 0.6) is 0 Å². The first-order chi connectivity index (χ1) is 9.61. The Balaban J connectivity index is 1.89. The van der Waals surface area contributed by atoms with Gasteiger partial charge in [-0.25, -0.2) is 9.97 Å². The molecule has 8 heteroatoms. The third kappa shape index (κ3) is 3.65. The van der Waals surface area contributed by atoms with Gasteiger partial charge in [-0.05, 0) is 15.9 Å². The van der Waals surface area contributed by atoms with Crippen molar-refractivity contribution in [2.24, 2.45) is 5.73 Å². The summed E-state index contributed by atoms with van der Waals surface area (Å²) in [6.07, 6.45) is 3.43. The van der Waals surface area contributed by atoms with Crippen molar-refractivity contribution < 1.29 is 9.53 Å². The van der Waals surface area contributed by atoms with E-state index in [0.717, 1.165) is 4.47 Å². The second-order valence-corrected chi connectivity index (χ2v) is 5.49. The van der Waals surface area contributed by atoms with Gasteiger partial charge < -0.3 is 20.3 Å². The van der Waals surface area contributed by atoms with Gasteiger partial charge in [0.2, 0.25) is 11.9 Å². The Morgan fingerprint density at radius 2 is 2.00 bits per heavy atom. The minimum Gasteiger partial charge on any atom is -0.383 e. The molecule has 0 bridgehead atoms. The minimum atomic E-state index is -0.588. The van der Waals surface area contributed by atoms with Crippen LogP contribution in [0.15, 0.2) is 16.9 Å². The molecule has 2 heterocycles. The van der Waals surface area contributed by atoms with Crippen molar-refractivity contribution in [1.29, 1.82) is 0 Å². The molecule has 0 saturated carbocycles. The van der Waals surface area contributed by atoms with Crippen LogP contribution in [-0.4, -0.2) is 66.7 Å². The fourth-order valence-electron chi connectivity index (χ4n) is 2.08. The van der Waals surface area contributed by atoms with Gasteiger partial charge in [0.1, 0.15) is 6.04 Å². The lowest BCUT2D eigenvalue weighted by molar-refractivity contribution is -0.134. The molecule has 1 saturated heterocycles. The monoisotopic (exact) mass is 343 g/mol. The van der Waals surface area contributed by atoms with Crippen molar-refractivity contribution in [1.82, 2.24) is 14.9 Å². The third-order valence-electron chi connectivity index (χ3n) is 3.14. The lowest BCUT2D eigenvalue weighted by Gasteiger charge is -2.35. The number of nitrogens with two attached hydrogens (primary N) is 1. The number of piperazine rings is 1. The van der Waals surface area contributed by atoms with Crippen LogP contribution in [-0.2, 0) is 9.53 Å². The van der Waals surface area contributed by atoms with E-state index in [1.165, 1.54) is 7.11 Å². The summed E-state index contributed by atoms with van der Waals surface area (Å²) in [5.74, 6) is 0.615. The summed E-state index contributed by atoms with van der Waals surface area (Å²) in [5.41, 5.74) is 5.76. The van der Waals surface area contributed by atoms with Crippen molar-refractivity contribution in [3.63, 3.8) is 0 Å². The number of hydrogen-bond acceptors (Lipinski definition) is 6. The Bertz CT molecular complexity index is 448. The summed E-state index contributed by atoms with van der Waals surface area (Å²) < 4.78 is 5.76. The molecular formula is C12H18BrN5O2. The van der Waals surface area contributed by atoms with Crippen LogP contribution in [0.2, 0.25) is 0 Å². The lowest BCUT2D eigenvalue weighted by Crippen LogP contribution is -2.54. The second-order valence-electron chi connectivity index (χ2n) is 4.58. The Kier molecular flexibility index (Phi) is 5.27. The molecule has 0 aromatic carbocycles. The lowest BCUT2D eigenvalue weighted by atomic mass is 10.2. The zero-order valence-corrected chi connectivity index (χ0v) is 12.9. The zero-order chi connectivity index (χ0) is 14.5. The predicted octanol–water partition coefficient (Wildman–Crippen LogP) is -0.139. The van der Waals surface area contributed by atoms with Gasteiger partial charge in [0, 0.05) is 45.7 Å². The first-order valence-corrected chi connectivity index (χ1v) is 7.17. The fraction of sp³-hybridized carbons (Fsp3) is 0.583. The number of hydrogen-bond donors (Lipinski definition) is 1. The molecule has 0 spiro atoms. The van der Waals surface area contributed by atoms with E-state index in [2.05, 4.69) is 30.8 Å². The van der Waals surface area contributed by atoms with Gasteiger partial charge in [-0.3, -0.25) is 4.79 Å². The first kappa shape index (κ1) is 15.1. The van der Waals surface area contributed by atoms with Gasteiger partial charge in [0.25, 0.3) is 0 Å². The molecule has 1 fully saturated rings. The molecule has 110 valence electrons. The van der Waals surface area contributed by atoms with E-state index in [9.17, 15) is 4.79 Å². The number of amides is 1. The van der Waals surface area contributed by atoms with E-state index in [4.69, 9.17) is 10.5 Å². The van der Waals surface area contributed by atoms with Crippen LogP contribution in [0.4, 0.5) is 5.95 Å². The maximum Gasteiger partial charge on any atom is 0.241 e. The van der Waals surface area contributed by atoms with E-state index in [0.29, 0.717) is 32.1 Å². The standard InChI is InChI=1S/C12H18BrN5O2/c1-20-8-10(14)11(19)17-2-4-18(5-3-17)12-15-6-9(13)7-16-12/h6-7,10H,2-5,8,14H2,1H3. The van der Waals surface area contributed by atoms with Gasteiger partial charge in [-0.1, -0.05) is 0 Å². The van der Waals surface area contributed by atoms with Crippen molar-refractivity contribution >= 4 is 27.8 Å². The van der Waals surface area contributed by atoms with Crippen LogP contribution in [0, 0.1) is 0 Å². The smallest absolute Gasteiger partial charge is 0.241 e. The molecule has 1 aromatic heterocycles. The molecule has 2 N–H and O–H groups in total. The van der Waals surface area contributed by atoms with Gasteiger partial charge in [0.15, 0.2) is 0 Å². The SMILES string of the molecule is COCC(N)C(=O)N1CCN(c2ncc(Br)cn2)CC1. The maximum atomic E-state index is 12.0. The van der Waals surface area contributed by atoms with Gasteiger partial charge in [-0.15, -0.1) is 0 Å². The van der Waals surface area contributed by atoms with E-state index >= 15 is 0 Å². The Labute approximate surface area is 126 Å². The van der Waals surface area contributed by atoms with Crippen molar-refractivity contribution in [3.8, 4) is 0 Å². The average molecular weight is 344 g/mol. The minimum absolute atomic E-state index is 0.0665. The summed E-state index contributed by atoms with van der Waals surface area (Å²) in [7, 11) is 1.54. The van der Waals surface area contributed by atoms with Gasteiger partial charge in [0.05, 0.1) is 11.1 Å². The van der Waals surface area contributed by atoms with E-state index in [1.54, 1.807) is 17.3 Å². The average Bonchev–Trinajstić information content (AvgIpc) is 2.48. The highest BCUT2D eigenvalue weighted by atomic mass is 79.9. The largest absolute Gasteiger partial charge is 0.383 e. The number of rotatable bonds is 4. The van der Waals surface area contributed by atoms with Gasteiger partial charge in [-0.2, -0.15) is 0 Å². The van der Waals surface area contributed by atoms with Crippen LogP contribution >= 0.6 is 15.9 Å². The van der Waals surface area contributed by atoms with Crippen LogP contribution < -0.4 is 10.6 Å². The first-order valence-electron chi connectivity index (χ1n) is 6.37. The topological polar surface area (TPSA) is 84.6 Å². The maximum absolute atomic E-state index is 12.0. The molecule has 1 unspecified atom stereocenters. The van der Waals surface area contributed by atoms with E-state index < -0.39 is 6.04 Å². The van der Waals surface area contributed by atoms with E-state index in [-0.39, 0.29) is 12.5 Å². The molecule has 1 aliphatic heterocycles. The Morgan fingerprint density at radius 1 is 1.40 bits per heavy atom. The van der Waals surface area contributed by atoms with Crippen molar-refractivity contribution in [2.45, 2.75) is 6.04 Å². The Morgan fingerprint density at radius 3 is 2.55 bits per heavy atom. The highest BCUT2D eigenvalue weighted by Crippen LogP contribution is 2.13. The molecule has 1 aromatic rings. The predicted molar refractivity (Wildman–Crippen MR) is 78.4 cm³/mol. The van der Waals surface area contributed by atoms with Crippen molar-refractivity contribution in [3.05, 3.63) is 16.9 Å². The van der Waals surface area contributed by atoms with Crippen molar-refractivity contribution in [2.75, 3.05) is 44.8 Å². The number of anilines is 1. The van der Waals surface area contributed by atoms with Gasteiger partial charge >= 0.3 is 0 Å². The molecule has 20 heavy (non-hydrogen) atoms. The summed E-state index contributed by atoms with van der Waals surface area (Å²) in [5, 5.41) is 0. The second kappa shape index (κ2) is 6.96. The molecule has 1 amide bonds. The Hall–Kier alpha value is -1.25. The highest BCUT2D eigenvalue weighted by Gasteiger charge is 2.25. The number of halogens is 1. The highest BCUT2D eigenvalue weighted by molar-refractivity contribution is 9.10. The number of aromatic nitrogens is 2. The van der Waals surface area contributed by atoms with Crippen LogP contribution in [0.1, 0.15) is 0 Å². The summed E-state index contributed by atoms with van der Waals surface area (Å²) in [4.78, 5) is 24.4. The zero-order valence-electron chi connectivity index (χ0n) is 11.3. The van der Waals surface area contributed by atoms with E-state index in [1.807, 2.05) is 0 Å². The number of carbonyl (C=O) groups is 1. The fourth-order valence-corrected chi connectivity index (χ4v) is 2.29. The molecule has 1 atom stereocenters. The normalized spacial score (nSPS) is 17.1. The molecular weight excluding hydrogens is 326 g/mol. The molecule has 1 aliphatic rings. The number of carbonyl (C=O) groups excluding carboxylic acids is 1. The molecule has 2 rings (SSSR count). The van der Waals surface area contributed by atoms with Crippen LogP contribution in [0.25, 0.3) is 0 Å². The number of methoxy groups -OCH3 is 1. The summed E-state index contributed by atoms with van der Waals surface area (Å²) >= 11 is 3.31. The number of ether oxygens (including phenoxy) is 1. The number of nitrogens with zero attached hydrogens (tertiary/aromatic N) is 4. The molecule has 0 aliphatic carbocycles.